The normalized spacial score (nSPS) is 15.7. The summed E-state index contributed by atoms with van der Waals surface area (Å²) in [6.07, 6.45) is 1.53. The van der Waals surface area contributed by atoms with Gasteiger partial charge in [0.1, 0.15) is 28.3 Å². The Hall–Kier alpha value is -3.82. The highest BCUT2D eigenvalue weighted by Gasteiger charge is 2.34. The van der Waals surface area contributed by atoms with Gasteiger partial charge in [-0.05, 0) is 36.3 Å². The lowest BCUT2D eigenvalue weighted by molar-refractivity contribution is -0.140. The highest BCUT2D eigenvalue weighted by Crippen LogP contribution is 2.35. The molecule has 0 spiro atoms. The van der Waals surface area contributed by atoms with Gasteiger partial charge in [-0.1, -0.05) is 30.0 Å². The molecule has 174 valence electrons. The van der Waals surface area contributed by atoms with E-state index in [-0.39, 0.29) is 21.6 Å². The van der Waals surface area contributed by atoms with E-state index in [1.54, 1.807) is 13.0 Å². The first-order valence-electron chi connectivity index (χ1n) is 9.94. The summed E-state index contributed by atoms with van der Waals surface area (Å²) in [6.45, 7) is 1.54. The minimum Gasteiger partial charge on any atom is -0.480 e. The summed E-state index contributed by atoms with van der Waals surface area (Å²) >= 11 is 6.13. The van der Waals surface area contributed by atoms with Crippen molar-refractivity contribution in [1.29, 1.82) is 5.26 Å². The lowest BCUT2D eigenvalue weighted by atomic mass is 10.0. The highest BCUT2D eigenvalue weighted by atomic mass is 32.2. The van der Waals surface area contributed by atoms with Gasteiger partial charge < -0.3 is 19.9 Å². The summed E-state index contributed by atoms with van der Waals surface area (Å²) in [6, 6.07) is 7.39. The molecule has 0 atom stereocenters. The topological polar surface area (TPSA) is 134 Å². The Morgan fingerprint density at radius 1 is 1.35 bits per heavy atom. The molecule has 1 fully saturated rings. The van der Waals surface area contributed by atoms with Gasteiger partial charge in [-0.3, -0.25) is 23.9 Å². The Labute approximate surface area is 203 Å². The van der Waals surface area contributed by atoms with Crippen LogP contribution in [0.3, 0.4) is 0 Å². The monoisotopic (exact) mass is 498 g/mol. The number of nitrogens with one attached hydrogen (secondary N) is 1. The summed E-state index contributed by atoms with van der Waals surface area (Å²) in [5, 5.41) is 21.8. The lowest BCUT2D eigenvalue weighted by Crippen LogP contribution is -2.33. The third kappa shape index (κ3) is 4.23. The van der Waals surface area contributed by atoms with Crippen LogP contribution in [-0.2, 0) is 23.2 Å². The number of carboxylic acid groups (broad SMARTS) is 1. The second kappa shape index (κ2) is 9.20. The SMILES string of the molecule is Cc1c(/C=C2/SC(=S)N(CC(=O)O)C2=O)c(NCc2ccc3c(c2)OCO3)n(C)c(=O)c1C#N. The Morgan fingerprint density at radius 3 is 2.79 bits per heavy atom. The Balaban J connectivity index is 1.74. The largest absolute Gasteiger partial charge is 0.480 e. The van der Waals surface area contributed by atoms with Crippen molar-refractivity contribution in [3.63, 3.8) is 0 Å². The predicted molar refractivity (Wildman–Crippen MR) is 129 cm³/mol. The molecule has 0 saturated carbocycles. The van der Waals surface area contributed by atoms with Gasteiger partial charge in [0.2, 0.25) is 6.79 Å². The summed E-state index contributed by atoms with van der Waals surface area (Å²) in [4.78, 5) is 37.8. The first kappa shape index (κ1) is 23.3. The Bertz CT molecular complexity index is 1370. The van der Waals surface area contributed by atoms with Crippen molar-refractivity contribution in [2.75, 3.05) is 18.7 Å². The molecule has 34 heavy (non-hydrogen) atoms. The molecule has 1 saturated heterocycles. The first-order valence-corrected chi connectivity index (χ1v) is 11.2. The fourth-order valence-electron chi connectivity index (χ4n) is 3.58. The number of carboxylic acids is 1. The molecule has 0 aliphatic carbocycles. The molecule has 4 rings (SSSR count). The predicted octanol–water partition coefficient (Wildman–Crippen LogP) is 2.19. The summed E-state index contributed by atoms with van der Waals surface area (Å²) < 4.78 is 12.2. The Kier molecular flexibility index (Phi) is 6.32. The molecule has 2 N–H and O–H groups in total. The molecule has 2 aromatic rings. The zero-order valence-electron chi connectivity index (χ0n) is 18.1. The molecular formula is C22H18N4O6S2. The van der Waals surface area contributed by atoms with E-state index in [0.29, 0.717) is 35.0 Å². The van der Waals surface area contributed by atoms with Crippen molar-refractivity contribution < 1.29 is 24.2 Å². The van der Waals surface area contributed by atoms with Gasteiger partial charge in [-0.2, -0.15) is 5.26 Å². The number of aromatic nitrogens is 1. The van der Waals surface area contributed by atoms with E-state index in [1.807, 2.05) is 18.2 Å². The molecule has 0 bridgehead atoms. The van der Waals surface area contributed by atoms with Crippen LogP contribution in [0.4, 0.5) is 5.82 Å². The number of anilines is 1. The van der Waals surface area contributed by atoms with Gasteiger partial charge in [0.25, 0.3) is 11.5 Å². The van der Waals surface area contributed by atoms with E-state index < -0.39 is 24.0 Å². The molecular weight excluding hydrogens is 480 g/mol. The number of aliphatic carboxylic acids is 1. The number of rotatable bonds is 6. The van der Waals surface area contributed by atoms with Crippen LogP contribution in [0.1, 0.15) is 22.3 Å². The van der Waals surface area contributed by atoms with Gasteiger partial charge in [-0.25, -0.2) is 0 Å². The van der Waals surface area contributed by atoms with E-state index in [2.05, 4.69) is 5.32 Å². The van der Waals surface area contributed by atoms with E-state index in [0.717, 1.165) is 22.2 Å². The number of ether oxygens (including phenoxy) is 2. The zero-order valence-corrected chi connectivity index (χ0v) is 19.7. The number of carbonyl (C=O) groups is 2. The number of thioether (sulfide) groups is 1. The number of thiocarbonyl (C=S) groups is 1. The zero-order chi connectivity index (χ0) is 24.6. The minimum absolute atomic E-state index is 0.0524. The van der Waals surface area contributed by atoms with Crippen molar-refractivity contribution in [3.8, 4) is 17.6 Å². The quantitative estimate of drug-likeness (QED) is 0.451. The van der Waals surface area contributed by atoms with Crippen LogP contribution in [0.15, 0.2) is 27.9 Å². The van der Waals surface area contributed by atoms with Gasteiger partial charge in [0.15, 0.2) is 11.5 Å². The van der Waals surface area contributed by atoms with Crippen LogP contribution in [0.5, 0.6) is 11.5 Å². The minimum atomic E-state index is -1.19. The standard InChI is InChI=1S/C22H18N4O6S2/c1-11-13(6-17-21(30)26(9-18(27)28)22(33)34-17)19(25(2)20(29)14(11)7-23)24-8-12-3-4-15-16(5-12)32-10-31-15/h3-6,24H,8-10H2,1-2H3,(H,27,28)/b17-6+. The number of nitrogens with zero attached hydrogens (tertiary/aromatic N) is 3. The van der Waals surface area contributed by atoms with Gasteiger partial charge >= 0.3 is 5.97 Å². The maximum Gasteiger partial charge on any atom is 0.323 e. The highest BCUT2D eigenvalue weighted by molar-refractivity contribution is 8.26. The van der Waals surface area contributed by atoms with E-state index >= 15 is 0 Å². The van der Waals surface area contributed by atoms with E-state index in [4.69, 9.17) is 26.8 Å². The molecule has 0 unspecified atom stereocenters. The third-order valence-electron chi connectivity index (χ3n) is 5.34. The summed E-state index contributed by atoms with van der Waals surface area (Å²) in [5.74, 6) is -0.0804. The van der Waals surface area contributed by atoms with Gasteiger partial charge in [-0.15, -0.1) is 0 Å². The fraction of sp³-hybridized carbons (Fsp3) is 0.227. The van der Waals surface area contributed by atoms with Crippen molar-refractivity contribution in [3.05, 3.63) is 55.7 Å². The molecule has 1 aromatic carbocycles. The number of benzene rings is 1. The molecule has 1 aromatic heterocycles. The molecule has 3 heterocycles. The molecule has 0 radical (unpaired) electrons. The van der Waals surface area contributed by atoms with Crippen LogP contribution in [0, 0.1) is 18.3 Å². The van der Waals surface area contributed by atoms with Crippen molar-refractivity contribution in [1.82, 2.24) is 9.47 Å². The molecule has 1 amide bonds. The van der Waals surface area contributed by atoms with Crippen LogP contribution >= 0.6 is 24.0 Å². The molecule has 12 heteroatoms. The van der Waals surface area contributed by atoms with Crippen LogP contribution < -0.4 is 20.3 Å². The van der Waals surface area contributed by atoms with Crippen LogP contribution in [0.25, 0.3) is 6.08 Å². The molecule has 2 aliphatic rings. The van der Waals surface area contributed by atoms with Crippen molar-refractivity contribution >= 4 is 52.1 Å². The molecule has 10 nitrogen and oxygen atoms in total. The number of pyridine rings is 1. The number of hydrogen-bond donors (Lipinski definition) is 2. The van der Waals surface area contributed by atoms with E-state index in [1.165, 1.54) is 17.7 Å². The average Bonchev–Trinajstić information content (AvgIpc) is 3.37. The van der Waals surface area contributed by atoms with E-state index in [9.17, 15) is 19.6 Å². The van der Waals surface area contributed by atoms with Crippen molar-refractivity contribution in [2.24, 2.45) is 7.05 Å². The first-order chi connectivity index (χ1) is 16.2. The van der Waals surface area contributed by atoms with Gasteiger partial charge in [0, 0.05) is 19.2 Å². The molecule has 2 aliphatic heterocycles. The van der Waals surface area contributed by atoms with Crippen molar-refractivity contribution in [2.45, 2.75) is 13.5 Å². The number of carbonyl (C=O) groups excluding carboxylic acids is 1. The fourth-order valence-corrected chi connectivity index (χ4v) is 4.82. The smallest absolute Gasteiger partial charge is 0.323 e. The van der Waals surface area contributed by atoms with Crippen LogP contribution in [-0.4, -0.2) is 44.1 Å². The second-order valence-corrected chi connectivity index (χ2v) is 9.12. The Morgan fingerprint density at radius 2 is 2.09 bits per heavy atom. The van der Waals surface area contributed by atoms with Gasteiger partial charge in [0.05, 0.1) is 4.91 Å². The summed E-state index contributed by atoms with van der Waals surface area (Å²) in [7, 11) is 1.53. The average molecular weight is 499 g/mol. The third-order valence-corrected chi connectivity index (χ3v) is 6.72. The van der Waals surface area contributed by atoms with Crippen LogP contribution in [0.2, 0.25) is 0 Å². The summed E-state index contributed by atoms with van der Waals surface area (Å²) in [5.41, 5.74) is 1.17. The lowest BCUT2D eigenvalue weighted by Gasteiger charge is -2.18. The number of amides is 1. The number of nitriles is 1. The number of hydrogen-bond acceptors (Lipinski definition) is 9. The second-order valence-electron chi connectivity index (χ2n) is 7.44. The maximum absolute atomic E-state index is 12.8. The number of fused-ring (bicyclic) bond motifs is 1. The maximum atomic E-state index is 12.8.